The van der Waals surface area contributed by atoms with Crippen molar-refractivity contribution < 1.29 is 19.0 Å². The van der Waals surface area contributed by atoms with Crippen LogP contribution in [0.2, 0.25) is 0 Å². The monoisotopic (exact) mass is 348 g/mol. The minimum atomic E-state index is -0.522. The number of rotatable bonds is 6. The van der Waals surface area contributed by atoms with Crippen LogP contribution in [0.4, 0.5) is 0 Å². The maximum Gasteiger partial charge on any atom is 0.227 e. The third-order valence-electron chi connectivity index (χ3n) is 5.14. The number of hydrogen-bond donors (Lipinski definition) is 2. The van der Waals surface area contributed by atoms with Gasteiger partial charge in [0.1, 0.15) is 17.6 Å². The van der Waals surface area contributed by atoms with E-state index < -0.39 is 5.41 Å². The number of nitrogens with two attached hydrogens (primary N) is 1. The lowest BCUT2D eigenvalue weighted by atomic mass is 9.79. The van der Waals surface area contributed by atoms with E-state index in [1.165, 1.54) is 0 Å². The van der Waals surface area contributed by atoms with E-state index in [0.29, 0.717) is 45.8 Å². The predicted octanol–water partition coefficient (Wildman–Crippen LogP) is 1.78. The van der Waals surface area contributed by atoms with Gasteiger partial charge in [-0.3, -0.25) is 4.79 Å². The number of fused-ring (bicyclic) bond motifs is 1. The van der Waals surface area contributed by atoms with Crippen LogP contribution in [0.15, 0.2) is 12.1 Å². The zero-order valence-corrected chi connectivity index (χ0v) is 15.1. The number of hydrogen-bond acceptors (Lipinski definition) is 5. The molecule has 1 atom stereocenters. The third kappa shape index (κ3) is 3.75. The Hall–Kier alpha value is -1.79. The van der Waals surface area contributed by atoms with Crippen LogP contribution in [-0.2, 0) is 22.5 Å². The largest absolute Gasteiger partial charge is 0.494 e. The van der Waals surface area contributed by atoms with Crippen LogP contribution in [0.1, 0.15) is 37.8 Å². The molecule has 2 aliphatic rings. The highest BCUT2D eigenvalue weighted by molar-refractivity contribution is 5.83. The van der Waals surface area contributed by atoms with Gasteiger partial charge < -0.3 is 25.3 Å². The standard InChI is InChI=1S/C19H28N2O4/c1-3-24-16-9-14-8-13(2)25-17(14)10-15(16)11-21-18(22)19(12-20)4-6-23-7-5-19/h9-10,13H,3-8,11-12,20H2,1-2H3,(H,21,22). The van der Waals surface area contributed by atoms with Crippen LogP contribution in [0, 0.1) is 5.41 Å². The molecule has 0 radical (unpaired) electrons. The lowest BCUT2D eigenvalue weighted by molar-refractivity contribution is -0.136. The quantitative estimate of drug-likeness (QED) is 0.819. The van der Waals surface area contributed by atoms with Crippen molar-refractivity contribution >= 4 is 5.91 Å². The second-order valence-corrected chi connectivity index (χ2v) is 6.91. The fourth-order valence-corrected chi connectivity index (χ4v) is 3.56. The van der Waals surface area contributed by atoms with Crippen molar-refractivity contribution in [3.05, 3.63) is 23.3 Å². The second kappa shape index (κ2) is 7.62. The maximum absolute atomic E-state index is 12.8. The maximum atomic E-state index is 12.8. The highest BCUT2D eigenvalue weighted by Gasteiger charge is 2.38. The van der Waals surface area contributed by atoms with Crippen molar-refractivity contribution in [3.63, 3.8) is 0 Å². The van der Waals surface area contributed by atoms with E-state index in [4.69, 9.17) is 19.9 Å². The van der Waals surface area contributed by atoms with Crippen molar-refractivity contribution in [1.29, 1.82) is 0 Å². The predicted molar refractivity (Wildman–Crippen MR) is 94.8 cm³/mol. The number of benzene rings is 1. The molecule has 1 amide bonds. The lowest BCUT2D eigenvalue weighted by Gasteiger charge is -2.34. The first kappa shape index (κ1) is 18.0. The fraction of sp³-hybridized carbons (Fsp3) is 0.632. The van der Waals surface area contributed by atoms with Gasteiger partial charge in [-0.2, -0.15) is 0 Å². The highest BCUT2D eigenvalue weighted by atomic mass is 16.5. The molecule has 2 aliphatic heterocycles. The number of carbonyl (C=O) groups is 1. The van der Waals surface area contributed by atoms with E-state index in [1.807, 2.05) is 19.1 Å². The van der Waals surface area contributed by atoms with Crippen LogP contribution in [0.3, 0.4) is 0 Å². The number of amides is 1. The Morgan fingerprint density at radius 2 is 2.16 bits per heavy atom. The van der Waals surface area contributed by atoms with E-state index in [2.05, 4.69) is 12.2 Å². The summed E-state index contributed by atoms with van der Waals surface area (Å²) in [5.41, 5.74) is 7.49. The van der Waals surface area contributed by atoms with Gasteiger partial charge in [-0.25, -0.2) is 0 Å². The molecule has 1 fully saturated rings. The van der Waals surface area contributed by atoms with E-state index in [9.17, 15) is 4.79 Å². The molecule has 1 aromatic carbocycles. The minimum Gasteiger partial charge on any atom is -0.494 e. The van der Waals surface area contributed by atoms with E-state index >= 15 is 0 Å². The van der Waals surface area contributed by atoms with Crippen molar-refractivity contribution in [1.82, 2.24) is 5.32 Å². The molecule has 0 saturated carbocycles. The Morgan fingerprint density at radius 3 is 2.84 bits per heavy atom. The van der Waals surface area contributed by atoms with Gasteiger partial charge in [0, 0.05) is 43.9 Å². The number of ether oxygens (including phenoxy) is 3. The summed E-state index contributed by atoms with van der Waals surface area (Å²) in [6, 6.07) is 4.03. The van der Waals surface area contributed by atoms with E-state index in [-0.39, 0.29) is 12.0 Å². The molecular formula is C19H28N2O4. The summed E-state index contributed by atoms with van der Waals surface area (Å²) in [6.07, 6.45) is 2.40. The summed E-state index contributed by atoms with van der Waals surface area (Å²) in [7, 11) is 0. The van der Waals surface area contributed by atoms with Gasteiger partial charge in [0.25, 0.3) is 0 Å². The summed E-state index contributed by atoms with van der Waals surface area (Å²) < 4.78 is 17.0. The van der Waals surface area contributed by atoms with Gasteiger partial charge >= 0.3 is 0 Å². The topological polar surface area (TPSA) is 82.8 Å². The van der Waals surface area contributed by atoms with Gasteiger partial charge in [0.05, 0.1) is 12.0 Å². The Morgan fingerprint density at radius 1 is 1.40 bits per heavy atom. The van der Waals surface area contributed by atoms with Gasteiger partial charge in [0.15, 0.2) is 0 Å². The summed E-state index contributed by atoms with van der Waals surface area (Å²) in [5.74, 6) is 1.70. The Labute approximate surface area is 149 Å². The molecule has 25 heavy (non-hydrogen) atoms. The molecule has 0 bridgehead atoms. The zero-order chi connectivity index (χ0) is 17.9. The molecule has 1 saturated heterocycles. The Bertz CT molecular complexity index is 626. The number of carbonyl (C=O) groups excluding carboxylic acids is 1. The molecular weight excluding hydrogens is 320 g/mol. The molecule has 0 spiro atoms. The molecule has 1 unspecified atom stereocenters. The third-order valence-corrected chi connectivity index (χ3v) is 5.14. The molecule has 1 aromatic rings. The van der Waals surface area contributed by atoms with Crippen LogP contribution in [-0.4, -0.2) is 38.4 Å². The molecule has 6 nitrogen and oxygen atoms in total. The van der Waals surface area contributed by atoms with Crippen molar-refractivity contribution in [3.8, 4) is 11.5 Å². The van der Waals surface area contributed by atoms with Crippen molar-refractivity contribution in [2.75, 3.05) is 26.4 Å². The Kier molecular flexibility index (Phi) is 5.49. The average Bonchev–Trinajstić information content (AvgIpc) is 2.99. The van der Waals surface area contributed by atoms with Gasteiger partial charge in [-0.1, -0.05) is 0 Å². The van der Waals surface area contributed by atoms with Crippen molar-refractivity contribution in [2.45, 2.75) is 45.8 Å². The summed E-state index contributed by atoms with van der Waals surface area (Å²) in [6.45, 7) is 6.50. The number of nitrogens with one attached hydrogen (secondary N) is 1. The summed E-state index contributed by atoms with van der Waals surface area (Å²) in [5, 5.41) is 3.05. The highest BCUT2D eigenvalue weighted by Crippen LogP contribution is 2.35. The van der Waals surface area contributed by atoms with Crippen LogP contribution in [0.5, 0.6) is 11.5 Å². The van der Waals surface area contributed by atoms with Gasteiger partial charge in [-0.05, 0) is 38.8 Å². The summed E-state index contributed by atoms with van der Waals surface area (Å²) in [4.78, 5) is 12.8. The van der Waals surface area contributed by atoms with Crippen LogP contribution < -0.4 is 20.5 Å². The average molecular weight is 348 g/mol. The van der Waals surface area contributed by atoms with Crippen LogP contribution >= 0.6 is 0 Å². The van der Waals surface area contributed by atoms with E-state index in [0.717, 1.165) is 29.0 Å². The molecule has 0 aliphatic carbocycles. The van der Waals surface area contributed by atoms with Crippen LogP contribution in [0.25, 0.3) is 0 Å². The van der Waals surface area contributed by atoms with E-state index in [1.54, 1.807) is 0 Å². The SMILES string of the molecule is CCOc1cc2c(cc1CNC(=O)C1(CN)CCOCC1)OC(C)C2. The van der Waals surface area contributed by atoms with Gasteiger partial charge in [-0.15, -0.1) is 0 Å². The molecule has 0 aromatic heterocycles. The van der Waals surface area contributed by atoms with Crippen molar-refractivity contribution in [2.24, 2.45) is 11.1 Å². The van der Waals surface area contributed by atoms with Gasteiger partial charge in [0.2, 0.25) is 5.91 Å². The second-order valence-electron chi connectivity index (χ2n) is 6.91. The smallest absolute Gasteiger partial charge is 0.227 e. The minimum absolute atomic E-state index is 0.00414. The first-order valence-corrected chi connectivity index (χ1v) is 9.09. The molecule has 2 heterocycles. The molecule has 3 N–H and O–H groups in total. The molecule has 138 valence electrons. The Balaban J connectivity index is 1.74. The lowest BCUT2D eigenvalue weighted by Crippen LogP contribution is -2.49. The first-order chi connectivity index (χ1) is 12.1. The first-order valence-electron chi connectivity index (χ1n) is 9.09. The zero-order valence-electron chi connectivity index (χ0n) is 15.1. The summed E-state index contributed by atoms with van der Waals surface area (Å²) >= 11 is 0. The molecule has 3 rings (SSSR count). The molecule has 6 heteroatoms. The fourth-order valence-electron chi connectivity index (χ4n) is 3.56. The normalized spacial score (nSPS) is 21.3.